The van der Waals surface area contributed by atoms with Crippen molar-refractivity contribution < 1.29 is 4.39 Å². The van der Waals surface area contributed by atoms with Crippen molar-refractivity contribution in [2.24, 2.45) is 0 Å². The predicted molar refractivity (Wildman–Crippen MR) is 122 cm³/mol. The van der Waals surface area contributed by atoms with E-state index in [-0.39, 0.29) is 5.82 Å². The smallest absolute Gasteiger partial charge is 0.123 e. The second-order valence-electron chi connectivity index (χ2n) is 7.88. The zero-order valence-electron chi connectivity index (χ0n) is 17.3. The molecule has 4 heteroatoms. The SMILES string of the molecule is Cc1cc(-c2ccc(CN3C=Cc4cc(-c5cccc(F)c5)ccc4C3)cn2)ccn1. The molecule has 0 amide bonds. The van der Waals surface area contributed by atoms with Gasteiger partial charge in [-0.25, -0.2) is 4.39 Å². The Kier molecular flexibility index (Phi) is 5.04. The third kappa shape index (κ3) is 4.24. The van der Waals surface area contributed by atoms with Crippen LogP contribution in [0.5, 0.6) is 0 Å². The normalized spacial score (nSPS) is 12.6. The van der Waals surface area contributed by atoms with Crippen LogP contribution in [-0.4, -0.2) is 14.9 Å². The highest BCUT2D eigenvalue weighted by Crippen LogP contribution is 2.28. The number of hydrogen-bond donors (Lipinski definition) is 0. The van der Waals surface area contributed by atoms with Gasteiger partial charge in [0.05, 0.1) is 5.69 Å². The Morgan fingerprint density at radius 3 is 2.61 bits per heavy atom. The molecule has 0 bridgehead atoms. The molecule has 4 aromatic rings. The van der Waals surface area contributed by atoms with E-state index in [0.29, 0.717) is 0 Å². The molecule has 0 saturated carbocycles. The van der Waals surface area contributed by atoms with Gasteiger partial charge in [-0.3, -0.25) is 9.97 Å². The highest BCUT2D eigenvalue weighted by atomic mass is 19.1. The molecule has 3 nitrogen and oxygen atoms in total. The van der Waals surface area contributed by atoms with E-state index in [1.807, 2.05) is 37.5 Å². The van der Waals surface area contributed by atoms with E-state index in [2.05, 4.69) is 57.5 Å². The van der Waals surface area contributed by atoms with Crippen molar-refractivity contribution >= 4 is 6.08 Å². The first kappa shape index (κ1) is 19.2. The van der Waals surface area contributed by atoms with Gasteiger partial charge in [-0.05, 0) is 77.2 Å². The first-order chi connectivity index (χ1) is 15.1. The van der Waals surface area contributed by atoms with Gasteiger partial charge in [0.25, 0.3) is 0 Å². The topological polar surface area (TPSA) is 29.0 Å². The molecular weight excluding hydrogens is 385 g/mol. The number of pyridine rings is 2. The van der Waals surface area contributed by atoms with E-state index in [0.717, 1.165) is 41.2 Å². The molecule has 2 aromatic heterocycles. The molecule has 1 aliphatic heterocycles. The van der Waals surface area contributed by atoms with Crippen LogP contribution in [-0.2, 0) is 13.1 Å². The fourth-order valence-electron chi connectivity index (χ4n) is 3.94. The predicted octanol–water partition coefficient (Wildman–Crippen LogP) is 6.24. The summed E-state index contributed by atoms with van der Waals surface area (Å²) in [5, 5.41) is 0. The van der Waals surface area contributed by atoms with E-state index in [9.17, 15) is 4.39 Å². The number of benzene rings is 2. The Morgan fingerprint density at radius 2 is 1.81 bits per heavy atom. The summed E-state index contributed by atoms with van der Waals surface area (Å²) in [6.45, 7) is 3.62. The molecule has 0 N–H and O–H groups in total. The molecule has 2 aromatic carbocycles. The maximum Gasteiger partial charge on any atom is 0.123 e. The largest absolute Gasteiger partial charge is 0.369 e. The number of halogens is 1. The van der Waals surface area contributed by atoms with Gasteiger partial charge in [0, 0.05) is 42.9 Å². The van der Waals surface area contributed by atoms with Crippen LogP contribution in [0.25, 0.3) is 28.5 Å². The molecule has 152 valence electrons. The summed E-state index contributed by atoms with van der Waals surface area (Å²) in [5.74, 6) is -0.212. The van der Waals surface area contributed by atoms with Crippen molar-refractivity contribution in [1.29, 1.82) is 0 Å². The molecule has 0 atom stereocenters. The molecule has 0 unspecified atom stereocenters. The summed E-state index contributed by atoms with van der Waals surface area (Å²) in [5.41, 5.74) is 8.56. The molecule has 1 aliphatic rings. The van der Waals surface area contributed by atoms with Gasteiger partial charge < -0.3 is 4.90 Å². The molecule has 0 fully saturated rings. The molecular formula is C27H22FN3. The van der Waals surface area contributed by atoms with Crippen molar-refractivity contribution in [3.05, 3.63) is 114 Å². The van der Waals surface area contributed by atoms with Gasteiger partial charge in [0.1, 0.15) is 5.82 Å². The minimum absolute atomic E-state index is 0.212. The Bertz CT molecular complexity index is 1260. The van der Waals surface area contributed by atoms with E-state index in [1.54, 1.807) is 12.1 Å². The van der Waals surface area contributed by atoms with Gasteiger partial charge in [0.2, 0.25) is 0 Å². The van der Waals surface area contributed by atoms with Crippen LogP contribution in [0, 0.1) is 12.7 Å². The van der Waals surface area contributed by atoms with Crippen molar-refractivity contribution in [2.75, 3.05) is 0 Å². The molecule has 0 saturated heterocycles. The minimum Gasteiger partial charge on any atom is -0.369 e. The van der Waals surface area contributed by atoms with Crippen molar-refractivity contribution in [3.63, 3.8) is 0 Å². The number of aromatic nitrogens is 2. The summed E-state index contributed by atoms with van der Waals surface area (Å²) >= 11 is 0. The van der Waals surface area contributed by atoms with Crippen LogP contribution in [0.2, 0.25) is 0 Å². The Balaban J connectivity index is 1.30. The van der Waals surface area contributed by atoms with Gasteiger partial charge in [0.15, 0.2) is 0 Å². The molecule has 0 aliphatic carbocycles. The third-order valence-electron chi connectivity index (χ3n) is 5.54. The third-order valence-corrected chi connectivity index (χ3v) is 5.54. The lowest BCUT2D eigenvalue weighted by molar-refractivity contribution is 0.359. The Labute approximate surface area is 181 Å². The van der Waals surface area contributed by atoms with Crippen LogP contribution in [0.15, 0.2) is 85.3 Å². The first-order valence-electron chi connectivity index (χ1n) is 10.3. The minimum atomic E-state index is -0.212. The lowest BCUT2D eigenvalue weighted by atomic mass is 9.97. The molecule has 0 spiro atoms. The summed E-state index contributed by atoms with van der Waals surface area (Å²) < 4.78 is 13.6. The van der Waals surface area contributed by atoms with Gasteiger partial charge in [-0.15, -0.1) is 0 Å². The number of nitrogens with zero attached hydrogens (tertiary/aromatic N) is 3. The number of rotatable bonds is 4. The van der Waals surface area contributed by atoms with Crippen LogP contribution >= 0.6 is 0 Å². The molecule has 5 rings (SSSR count). The summed E-state index contributed by atoms with van der Waals surface area (Å²) in [6.07, 6.45) is 8.01. The van der Waals surface area contributed by atoms with E-state index in [4.69, 9.17) is 0 Å². The van der Waals surface area contributed by atoms with Crippen LogP contribution < -0.4 is 0 Å². The first-order valence-corrected chi connectivity index (χ1v) is 10.3. The van der Waals surface area contributed by atoms with E-state index >= 15 is 0 Å². The van der Waals surface area contributed by atoms with Crippen molar-refractivity contribution in [3.8, 4) is 22.4 Å². The highest BCUT2D eigenvalue weighted by Gasteiger charge is 2.13. The second-order valence-corrected chi connectivity index (χ2v) is 7.88. The Hall–Kier alpha value is -3.79. The fraction of sp³-hybridized carbons (Fsp3) is 0.111. The average molecular weight is 407 g/mol. The summed E-state index contributed by atoms with van der Waals surface area (Å²) in [7, 11) is 0. The van der Waals surface area contributed by atoms with Gasteiger partial charge in [-0.2, -0.15) is 0 Å². The highest BCUT2D eigenvalue weighted by molar-refractivity contribution is 5.69. The zero-order valence-corrected chi connectivity index (χ0v) is 17.3. The molecule has 31 heavy (non-hydrogen) atoms. The average Bonchev–Trinajstić information content (AvgIpc) is 2.79. The maximum absolute atomic E-state index is 13.6. The number of fused-ring (bicyclic) bond motifs is 1. The molecule has 0 radical (unpaired) electrons. The van der Waals surface area contributed by atoms with E-state index in [1.165, 1.54) is 22.8 Å². The Morgan fingerprint density at radius 1 is 0.903 bits per heavy atom. The van der Waals surface area contributed by atoms with E-state index < -0.39 is 0 Å². The van der Waals surface area contributed by atoms with Crippen LogP contribution in [0.4, 0.5) is 4.39 Å². The van der Waals surface area contributed by atoms with Gasteiger partial charge >= 0.3 is 0 Å². The van der Waals surface area contributed by atoms with Crippen LogP contribution in [0.1, 0.15) is 22.4 Å². The summed E-state index contributed by atoms with van der Waals surface area (Å²) in [4.78, 5) is 11.2. The number of hydrogen-bond acceptors (Lipinski definition) is 3. The lowest BCUT2D eigenvalue weighted by Gasteiger charge is -2.26. The standard InChI is InChI=1S/C27H22FN3/c1-19-13-24(9-11-29-19)27-8-5-20(16-30-27)17-31-12-10-23-14-22(6-7-25(23)18-31)21-3-2-4-26(28)15-21/h2-16H,17-18H2,1H3. The van der Waals surface area contributed by atoms with Gasteiger partial charge in [-0.1, -0.05) is 30.3 Å². The molecule has 3 heterocycles. The monoisotopic (exact) mass is 407 g/mol. The zero-order chi connectivity index (χ0) is 21.2. The number of aryl methyl sites for hydroxylation is 1. The van der Waals surface area contributed by atoms with Crippen molar-refractivity contribution in [1.82, 2.24) is 14.9 Å². The second kappa shape index (κ2) is 8.15. The quantitative estimate of drug-likeness (QED) is 0.401. The lowest BCUT2D eigenvalue weighted by Crippen LogP contribution is -2.19. The van der Waals surface area contributed by atoms with Crippen molar-refractivity contribution in [2.45, 2.75) is 20.0 Å². The van der Waals surface area contributed by atoms with Crippen LogP contribution in [0.3, 0.4) is 0 Å². The maximum atomic E-state index is 13.6. The summed E-state index contributed by atoms with van der Waals surface area (Å²) in [6, 6.07) is 21.3. The fourth-order valence-corrected chi connectivity index (χ4v) is 3.94.